The molecule has 4 heteroatoms. The number of nitrogens with zero attached hydrogens (tertiary/aromatic N) is 1. The fraction of sp³-hybridized carbons (Fsp3) is 0.500. The number of rotatable bonds is 2. The molecule has 1 N–H and O–H groups in total. The van der Waals surface area contributed by atoms with Crippen molar-refractivity contribution in [3.63, 3.8) is 0 Å². The van der Waals surface area contributed by atoms with Crippen LogP contribution in [-0.4, -0.2) is 25.7 Å². The van der Waals surface area contributed by atoms with Gasteiger partial charge in [0.1, 0.15) is 5.82 Å². The Morgan fingerprint density at radius 3 is 2.81 bits per heavy atom. The second-order valence-electron chi connectivity index (χ2n) is 4.58. The molecule has 0 spiro atoms. The summed E-state index contributed by atoms with van der Waals surface area (Å²) in [5.74, 6) is -0.360. The normalized spacial score (nSPS) is 25.1. The zero-order chi connectivity index (χ0) is 11.8. The van der Waals surface area contributed by atoms with Crippen LogP contribution in [0.4, 0.5) is 10.1 Å². The Kier molecular flexibility index (Phi) is 3.08. The fourth-order valence-electron chi connectivity index (χ4n) is 2.07. The van der Waals surface area contributed by atoms with Gasteiger partial charge >= 0.3 is 0 Å². The Morgan fingerprint density at radius 2 is 2.25 bits per heavy atom. The van der Waals surface area contributed by atoms with Gasteiger partial charge in [0.05, 0.1) is 5.02 Å². The van der Waals surface area contributed by atoms with Crippen LogP contribution >= 0.6 is 11.6 Å². The topological polar surface area (TPSA) is 15.3 Å². The minimum Gasteiger partial charge on any atom is -0.370 e. The van der Waals surface area contributed by atoms with E-state index in [0.29, 0.717) is 0 Å². The van der Waals surface area contributed by atoms with Gasteiger partial charge in [-0.25, -0.2) is 4.39 Å². The molecule has 0 saturated carbocycles. The van der Waals surface area contributed by atoms with Crippen LogP contribution in [0.3, 0.4) is 0 Å². The summed E-state index contributed by atoms with van der Waals surface area (Å²) in [6, 6.07) is 4.90. The van der Waals surface area contributed by atoms with E-state index >= 15 is 0 Å². The molecule has 1 fully saturated rings. The van der Waals surface area contributed by atoms with E-state index in [2.05, 4.69) is 17.1 Å². The lowest BCUT2D eigenvalue weighted by Gasteiger charge is -2.25. The lowest BCUT2D eigenvalue weighted by molar-refractivity contribution is 0.428. The van der Waals surface area contributed by atoms with E-state index in [4.69, 9.17) is 11.6 Å². The quantitative estimate of drug-likeness (QED) is 0.858. The van der Waals surface area contributed by atoms with Gasteiger partial charge in [0.15, 0.2) is 0 Å². The molecule has 1 heterocycles. The van der Waals surface area contributed by atoms with Crippen molar-refractivity contribution in [3.8, 4) is 0 Å². The van der Waals surface area contributed by atoms with Gasteiger partial charge < -0.3 is 10.2 Å². The molecule has 0 radical (unpaired) electrons. The highest BCUT2D eigenvalue weighted by molar-refractivity contribution is 6.31. The van der Waals surface area contributed by atoms with Gasteiger partial charge in [-0.3, -0.25) is 0 Å². The molecule has 88 valence electrons. The molecule has 0 aliphatic carbocycles. The van der Waals surface area contributed by atoms with Gasteiger partial charge in [-0.05, 0) is 38.6 Å². The van der Waals surface area contributed by atoms with Crippen LogP contribution < -0.4 is 10.2 Å². The summed E-state index contributed by atoms with van der Waals surface area (Å²) < 4.78 is 13.0. The number of hydrogen-bond donors (Lipinski definition) is 1. The highest BCUT2D eigenvalue weighted by Gasteiger charge is 2.32. The minimum atomic E-state index is -0.360. The molecule has 1 aromatic carbocycles. The Bertz CT molecular complexity index is 397. The molecule has 2 rings (SSSR count). The maximum Gasteiger partial charge on any atom is 0.141 e. The summed E-state index contributed by atoms with van der Waals surface area (Å²) in [6.07, 6.45) is 1.08. The molecular formula is C12H16ClFN2. The smallest absolute Gasteiger partial charge is 0.141 e. The van der Waals surface area contributed by atoms with E-state index in [0.717, 1.165) is 25.2 Å². The highest BCUT2D eigenvalue weighted by Crippen LogP contribution is 2.29. The Morgan fingerprint density at radius 1 is 1.50 bits per heavy atom. The van der Waals surface area contributed by atoms with Gasteiger partial charge in [-0.2, -0.15) is 0 Å². The van der Waals surface area contributed by atoms with Crippen LogP contribution in [0.1, 0.15) is 13.3 Å². The lowest BCUT2D eigenvalue weighted by Crippen LogP contribution is -2.42. The summed E-state index contributed by atoms with van der Waals surface area (Å²) in [5, 5.41) is 3.51. The Labute approximate surface area is 100 Å². The number of halogens is 2. The average Bonchev–Trinajstić information content (AvgIpc) is 2.66. The third-order valence-electron chi connectivity index (χ3n) is 3.35. The standard InChI is InChI=1S/C12H16ClFN2/c1-12(15-2)5-6-16(8-12)9-3-4-11(14)10(13)7-9/h3-4,7,15H,5-6,8H2,1-2H3. The van der Waals surface area contributed by atoms with E-state index in [1.54, 1.807) is 12.1 Å². The highest BCUT2D eigenvalue weighted by atomic mass is 35.5. The van der Waals surface area contributed by atoms with Crippen molar-refractivity contribution in [1.82, 2.24) is 5.32 Å². The molecule has 1 atom stereocenters. The van der Waals surface area contributed by atoms with Crippen LogP contribution in [0.25, 0.3) is 0 Å². The Balaban J connectivity index is 2.17. The van der Waals surface area contributed by atoms with Gasteiger partial charge in [0.25, 0.3) is 0 Å². The third kappa shape index (κ3) is 2.15. The molecule has 1 unspecified atom stereocenters. The maximum atomic E-state index is 13.0. The Hall–Kier alpha value is -0.800. The van der Waals surface area contributed by atoms with E-state index in [1.807, 2.05) is 7.05 Å². The number of nitrogens with one attached hydrogen (secondary N) is 1. The van der Waals surface area contributed by atoms with E-state index in [-0.39, 0.29) is 16.4 Å². The first-order valence-corrected chi connectivity index (χ1v) is 5.81. The first-order valence-electron chi connectivity index (χ1n) is 5.43. The molecule has 0 bridgehead atoms. The fourth-order valence-corrected chi connectivity index (χ4v) is 2.24. The summed E-state index contributed by atoms with van der Waals surface area (Å²) in [7, 11) is 1.97. The van der Waals surface area contributed by atoms with Gasteiger partial charge in [0, 0.05) is 24.3 Å². The van der Waals surface area contributed by atoms with Gasteiger partial charge in [-0.1, -0.05) is 11.6 Å². The minimum absolute atomic E-state index is 0.140. The zero-order valence-electron chi connectivity index (χ0n) is 9.56. The van der Waals surface area contributed by atoms with Crippen molar-refractivity contribution in [2.75, 3.05) is 25.0 Å². The molecular weight excluding hydrogens is 227 g/mol. The van der Waals surface area contributed by atoms with Crippen LogP contribution in [0.5, 0.6) is 0 Å². The molecule has 0 aromatic heterocycles. The van der Waals surface area contributed by atoms with Crippen molar-refractivity contribution in [2.24, 2.45) is 0 Å². The molecule has 1 aliphatic rings. The largest absolute Gasteiger partial charge is 0.370 e. The van der Waals surface area contributed by atoms with Crippen LogP contribution in [0, 0.1) is 5.82 Å². The SMILES string of the molecule is CNC1(C)CCN(c2ccc(F)c(Cl)c2)C1. The van der Waals surface area contributed by atoms with Crippen LogP contribution in [0.15, 0.2) is 18.2 Å². The van der Waals surface area contributed by atoms with Crippen molar-refractivity contribution in [2.45, 2.75) is 18.9 Å². The summed E-state index contributed by atoms with van der Waals surface area (Å²) in [6.45, 7) is 4.09. The first kappa shape index (κ1) is 11.7. The molecule has 16 heavy (non-hydrogen) atoms. The van der Waals surface area contributed by atoms with E-state index in [9.17, 15) is 4.39 Å². The van der Waals surface area contributed by atoms with E-state index in [1.165, 1.54) is 6.07 Å². The van der Waals surface area contributed by atoms with Gasteiger partial charge in [0.2, 0.25) is 0 Å². The summed E-state index contributed by atoms with van der Waals surface area (Å²) in [5.41, 5.74) is 1.13. The maximum absolute atomic E-state index is 13.0. The predicted octanol–water partition coefficient (Wildman–Crippen LogP) is 2.67. The van der Waals surface area contributed by atoms with Crippen molar-refractivity contribution in [1.29, 1.82) is 0 Å². The second-order valence-corrected chi connectivity index (χ2v) is 4.99. The molecule has 2 nitrogen and oxygen atoms in total. The third-order valence-corrected chi connectivity index (χ3v) is 3.63. The number of hydrogen-bond acceptors (Lipinski definition) is 2. The molecule has 0 amide bonds. The molecule has 1 aromatic rings. The second kappa shape index (κ2) is 4.22. The molecule has 1 aliphatic heterocycles. The summed E-state index contributed by atoms with van der Waals surface area (Å²) >= 11 is 5.78. The lowest BCUT2D eigenvalue weighted by atomic mass is 10.0. The monoisotopic (exact) mass is 242 g/mol. The van der Waals surface area contributed by atoms with E-state index < -0.39 is 0 Å². The zero-order valence-corrected chi connectivity index (χ0v) is 10.3. The van der Waals surface area contributed by atoms with Crippen molar-refractivity contribution in [3.05, 3.63) is 29.0 Å². The van der Waals surface area contributed by atoms with Gasteiger partial charge in [-0.15, -0.1) is 0 Å². The predicted molar refractivity (Wildman–Crippen MR) is 65.7 cm³/mol. The first-order chi connectivity index (χ1) is 7.54. The van der Waals surface area contributed by atoms with Crippen molar-refractivity contribution >= 4 is 17.3 Å². The van der Waals surface area contributed by atoms with Crippen LogP contribution in [0.2, 0.25) is 5.02 Å². The number of likely N-dealkylation sites (N-methyl/N-ethyl adjacent to an activating group) is 1. The molecule has 1 saturated heterocycles. The van der Waals surface area contributed by atoms with Crippen LogP contribution in [-0.2, 0) is 0 Å². The average molecular weight is 243 g/mol. The van der Waals surface area contributed by atoms with Crippen molar-refractivity contribution < 1.29 is 4.39 Å². The number of benzene rings is 1. The summed E-state index contributed by atoms with van der Waals surface area (Å²) in [4.78, 5) is 2.22. The number of anilines is 1.